The van der Waals surface area contributed by atoms with Crippen molar-refractivity contribution in [2.24, 2.45) is 0 Å². The van der Waals surface area contributed by atoms with Crippen LogP contribution in [0.15, 0.2) is 55.1 Å². The molecule has 174 valence electrons. The van der Waals surface area contributed by atoms with Crippen LogP contribution >= 0.6 is 0 Å². The van der Waals surface area contributed by atoms with E-state index in [4.69, 9.17) is 14.2 Å². The van der Waals surface area contributed by atoms with Crippen molar-refractivity contribution in [3.8, 4) is 17.2 Å². The average Bonchev–Trinajstić information content (AvgIpc) is 3.32. The van der Waals surface area contributed by atoms with E-state index < -0.39 is 36.3 Å². The zero-order chi connectivity index (χ0) is 24.0. The Bertz CT molecular complexity index is 1100. The molecule has 0 bridgehead atoms. The maximum atomic E-state index is 13.1. The van der Waals surface area contributed by atoms with Crippen LogP contribution in [0.2, 0.25) is 0 Å². The lowest BCUT2D eigenvalue weighted by molar-refractivity contribution is -0.153. The fourth-order valence-corrected chi connectivity index (χ4v) is 2.69. The minimum atomic E-state index is -4.62. The first kappa shape index (κ1) is 23.6. The summed E-state index contributed by atoms with van der Waals surface area (Å²) in [6, 6.07) is 9.22. The van der Waals surface area contributed by atoms with Crippen molar-refractivity contribution in [1.29, 1.82) is 0 Å². The molecule has 0 saturated carbocycles. The van der Waals surface area contributed by atoms with Crippen molar-refractivity contribution in [3.05, 3.63) is 60.7 Å². The number of hydrogen-bond donors (Lipinski definition) is 1. The summed E-state index contributed by atoms with van der Waals surface area (Å²) in [7, 11) is 1.51. The molecule has 0 spiro atoms. The monoisotopic (exact) mass is 464 g/mol. The van der Waals surface area contributed by atoms with E-state index in [1.54, 1.807) is 24.3 Å². The average molecular weight is 464 g/mol. The quantitative estimate of drug-likeness (QED) is 0.511. The highest BCUT2D eigenvalue weighted by Gasteiger charge is 2.31. The lowest BCUT2D eigenvalue weighted by atomic mass is 10.1. The number of alkyl halides is 3. The van der Waals surface area contributed by atoms with Crippen LogP contribution in [-0.2, 0) is 20.5 Å². The summed E-state index contributed by atoms with van der Waals surface area (Å²) in [5, 5.41) is 6.17. The Morgan fingerprint density at radius 3 is 2.42 bits per heavy atom. The second kappa shape index (κ2) is 10.0. The summed E-state index contributed by atoms with van der Waals surface area (Å²) in [5.74, 6) is -0.692. The van der Waals surface area contributed by atoms with Gasteiger partial charge in [-0.3, -0.25) is 4.79 Å². The Balaban J connectivity index is 1.63. The highest BCUT2D eigenvalue weighted by molar-refractivity contribution is 5.95. The lowest BCUT2D eigenvalue weighted by Gasteiger charge is -2.16. The number of nitrogens with zero attached hydrogens (tertiary/aromatic N) is 3. The van der Waals surface area contributed by atoms with Gasteiger partial charge < -0.3 is 19.5 Å². The van der Waals surface area contributed by atoms with E-state index in [1.807, 2.05) is 0 Å². The van der Waals surface area contributed by atoms with Gasteiger partial charge in [-0.2, -0.15) is 18.3 Å². The summed E-state index contributed by atoms with van der Waals surface area (Å²) in [5.41, 5.74) is -1.00. The number of rotatable bonds is 8. The number of anilines is 1. The second-order valence-corrected chi connectivity index (χ2v) is 6.66. The first-order valence-corrected chi connectivity index (χ1v) is 9.51. The van der Waals surface area contributed by atoms with Crippen molar-refractivity contribution in [3.63, 3.8) is 0 Å². The minimum absolute atomic E-state index is 0.149. The SMILES string of the molecule is COc1ccc(OC(C)C(=O)OCC(=O)Nc2cc(C(F)(F)F)ccc2-n2cncn2)cc1. The van der Waals surface area contributed by atoms with E-state index in [2.05, 4.69) is 15.4 Å². The van der Waals surface area contributed by atoms with E-state index >= 15 is 0 Å². The highest BCUT2D eigenvalue weighted by Crippen LogP contribution is 2.33. The Labute approximate surface area is 186 Å². The number of nitrogens with one attached hydrogen (secondary N) is 1. The van der Waals surface area contributed by atoms with Crippen molar-refractivity contribution < 1.29 is 37.0 Å². The van der Waals surface area contributed by atoms with Gasteiger partial charge in [-0.15, -0.1) is 0 Å². The van der Waals surface area contributed by atoms with Gasteiger partial charge in [0, 0.05) is 0 Å². The number of benzene rings is 2. The van der Waals surface area contributed by atoms with E-state index in [0.29, 0.717) is 11.5 Å². The molecule has 1 unspecified atom stereocenters. The van der Waals surface area contributed by atoms with Gasteiger partial charge in [-0.1, -0.05) is 0 Å². The van der Waals surface area contributed by atoms with Gasteiger partial charge in [0.15, 0.2) is 12.7 Å². The van der Waals surface area contributed by atoms with Gasteiger partial charge >= 0.3 is 12.1 Å². The zero-order valence-corrected chi connectivity index (χ0v) is 17.5. The Morgan fingerprint density at radius 2 is 1.82 bits per heavy atom. The van der Waals surface area contributed by atoms with Crippen LogP contribution in [0.5, 0.6) is 11.5 Å². The summed E-state index contributed by atoms with van der Waals surface area (Å²) in [4.78, 5) is 28.2. The van der Waals surface area contributed by atoms with Gasteiger partial charge in [0.1, 0.15) is 24.2 Å². The Hall–Kier alpha value is -4.09. The van der Waals surface area contributed by atoms with Gasteiger partial charge in [0.2, 0.25) is 0 Å². The summed E-state index contributed by atoms with van der Waals surface area (Å²) in [6.07, 6.45) is -3.21. The van der Waals surface area contributed by atoms with Crippen molar-refractivity contribution >= 4 is 17.6 Å². The molecule has 1 aromatic heterocycles. The third-order valence-corrected chi connectivity index (χ3v) is 4.31. The number of methoxy groups -OCH3 is 1. The molecule has 3 rings (SSSR count). The van der Waals surface area contributed by atoms with Crippen molar-refractivity contribution in [2.75, 3.05) is 19.0 Å². The van der Waals surface area contributed by atoms with Crippen LogP contribution in [0.1, 0.15) is 12.5 Å². The number of halogens is 3. The number of hydrogen-bond acceptors (Lipinski definition) is 7. The molecule has 12 heteroatoms. The van der Waals surface area contributed by atoms with Crippen LogP contribution in [0, 0.1) is 0 Å². The molecule has 1 atom stereocenters. The number of carbonyl (C=O) groups is 2. The lowest BCUT2D eigenvalue weighted by Crippen LogP contribution is -2.30. The second-order valence-electron chi connectivity index (χ2n) is 6.66. The minimum Gasteiger partial charge on any atom is -0.497 e. The molecule has 0 fully saturated rings. The molecule has 33 heavy (non-hydrogen) atoms. The van der Waals surface area contributed by atoms with Crippen LogP contribution < -0.4 is 14.8 Å². The summed E-state index contributed by atoms with van der Waals surface area (Å²) in [6.45, 7) is 0.697. The molecular weight excluding hydrogens is 445 g/mol. The van der Waals surface area contributed by atoms with Crippen LogP contribution in [0.4, 0.5) is 18.9 Å². The van der Waals surface area contributed by atoms with E-state index in [9.17, 15) is 22.8 Å². The van der Waals surface area contributed by atoms with Crippen molar-refractivity contribution in [2.45, 2.75) is 19.2 Å². The predicted octanol–water partition coefficient (Wildman–Crippen LogP) is 3.24. The van der Waals surface area contributed by atoms with Crippen LogP contribution in [-0.4, -0.2) is 46.5 Å². The molecule has 0 saturated heterocycles. The van der Waals surface area contributed by atoms with E-state index in [-0.39, 0.29) is 11.4 Å². The maximum absolute atomic E-state index is 13.1. The fourth-order valence-electron chi connectivity index (χ4n) is 2.69. The molecule has 1 amide bonds. The molecule has 1 heterocycles. The first-order chi connectivity index (χ1) is 15.7. The third kappa shape index (κ3) is 6.21. The van der Waals surface area contributed by atoms with Gasteiger partial charge in [0.25, 0.3) is 5.91 Å². The number of amides is 1. The smallest absolute Gasteiger partial charge is 0.416 e. The Morgan fingerprint density at radius 1 is 1.12 bits per heavy atom. The van der Waals surface area contributed by atoms with Crippen LogP contribution in [0.25, 0.3) is 5.69 Å². The molecule has 0 radical (unpaired) electrons. The number of carbonyl (C=O) groups excluding carboxylic acids is 2. The topological polar surface area (TPSA) is 105 Å². The number of aromatic nitrogens is 3. The predicted molar refractivity (Wildman–Crippen MR) is 109 cm³/mol. The standard InChI is InChI=1S/C21H19F3N4O5/c1-13(33-16-6-4-15(31-2)5-7-16)20(30)32-10-19(29)27-17-9-14(21(22,23)24)3-8-18(17)28-12-25-11-26-28/h3-9,11-13H,10H2,1-2H3,(H,27,29). The van der Waals surface area contributed by atoms with Gasteiger partial charge in [-0.25, -0.2) is 14.5 Å². The number of esters is 1. The molecule has 0 aliphatic rings. The van der Waals surface area contributed by atoms with Crippen molar-refractivity contribution in [1.82, 2.24) is 14.8 Å². The van der Waals surface area contributed by atoms with E-state index in [1.165, 1.54) is 31.4 Å². The molecule has 3 aromatic rings. The molecule has 2 aromatic carbocycles. The van der Waals surface area contributed by atoms with Gasteiger partial charge in [-0.05, 0) is 49.4 Å². The number of ether oxygens (including phenoxy) is 3. The van der Waals surface area contributed by atoms with Crippen LogP contribution in [0.3, 0.4) is 0 Å². The summed E-state index contributed by atoms with van der Waals surface area (Å²) < 4.78 is 55.9. The zero-order valence-electron chi connectivity index (χ0n) is 17.5. The van der Waals surface area contributed by atoms with Gasteiger partial charge in [0.05, 0.1) is 24.0 Å². The molecule has 0 aliphatic heterocycles. The van der Waals surface area contributed by atoms with E-state index in [0.717, 1.165) is 18.2 Å². The normalized spacial score (nSPS) is 12.0. The first-order valence-electron chi connectivity index (χ1n) is 9.51. The third-order valence-electron chi connectivity index (χ3n) is 4.31. The molecular formula is C21H19F3N4O5. The Kier molecular flexibility index (Phi) is 7.16. The molecule has 9 nitrogen and oxygen atoms in total. The summed E-state index contributed by atoms with van der Waals surface area (Å²) >= 11 is 0. The highest BCUT2D eigenvalue weighted by atomic mass is 19.4. The molecule has 0 aliphatic carbocycles. The largest absolute Gasteiger partial charge is 0.497 e. The molecule has 1 N–H and O–H groups in total. The fraction of sp³-hybridized carbons (Fsp3) is 0.238. The maximum Gasteiger partial charge on any atom is 0.416 e.